The van der Waals surface area contributed by atoms with E-state index in [0.717, 1.165) is 16.7 Å². The first-order valence-corrected chi connectivity index (χ1v) is 6.59. The number of hydrogen-bond acceptors (Lipinski definition) is 1. The van der Waals surface area contributed by atoms with Gasteiger partial charge < -0.3 is 0 Å². The van der Waals surface area contributed by atoms with E-state index in [2.05, 4.69) is 4.98 Å². The third kappa shape index (κ3) is 2.20. The fourth-order valence-electron chi connectivity index (χ4n) is 2.07. The Labute approximate surface area is 119 Å². The molecule has 0 aliphatic carbocycles. The van der Waals surface area contributed by atoms with E-state index in [1.165, 1.54) is 12.1 Å². The minimum Gasteiger partial charge on any atom is -0.295 e. The average Bonchev–Trinajstić information content (AvgIpc) is 2.77. The predicted octanol–water partition coefficient (Wildman–Crippen LogP) is 4.56. The topological polar surface area (TPSA) is 17.8 Å². The first kappa shape index (κ1) is 12.5. The number of halogens is 3. The van der Waals surface area contributed by atoms with Gasteiger partial charge in [0, 0.05) is 10.7 Å². The number of imidazole rings is 1. The van der Waals surface area contributed by atoms with Gasteiger partial charge in [-0.1, -0.05) is 11.6 Å². The summed E-state index contributed by atoms with van der Waals surface area (Å²) in [4.78, 5) is 4.45. The van der Waals surface area contributed by atoms with Crippen LogP contribution in [0, 0.1) is 5.82 Å². The van der Waals surface area contributed by atoms with Gasteiger partial charge in [0.1, 0.15) is 11.6 Å². The number of hydrogen-bond donors (Lipinski definition) is 0. The SMILES string of the molecule is Fc1ccc(-n2c(CCl)nc3ccc(Cl)cc32)cc1. The molecular weight excluding hydrogens is 286 g/mol. The standard InChI is InChI=1S/C14H9Cl2FN2/c15-8-14-18-12-6-1-9(16)7-13(12)19(14)11-4-2-10(17)3-5-11/h1-7H,8H2. The van der Waals surface area contributed by atoms with Crippen molar-refractivity contribution < 1.29 is 4.39 Å². The summed E-state index contributed by atoms with van der Waals surface area (Å²) < 4.78 is 14.9. The molecule has 0 unspecified atom stereocenters. The van der Waals surface area contributed by atoms with Crippen LogP contribution in [0.4, 0.5) is 4.39 Å². The molecule has 1 heterocycles. The predicted molar refractivity (Wildman–Crippen MR) is 75.6 cm³/mol. The molecule has 2 aromatic carbocycles. The molecule has 0 fully saturated rings. The molecule has 0 atom stereocenters. The minimum atomic E-state index is -0.279. The van der Waals surface area contributed by atoms with Gasteiger partial charge in [0.15, 0.2) is 0 Å². The van der Waals surface area contributed by atoms with Gasteiger partial charge >= 0.3 is 0 Å². The fraction of sp³-hybridized carbons (Fsp3) is 0.0714. The highest BCUT2D eigenvalue weighted by Crippen LogP contribution is 2.25. The quantitative estimate of drug-likeness (QED) is 0.634. The van der Waals surface area contributed by atoms with Crippen molar-refractivity contribution in [3.8, 4) is 5.69 Å². The van der Waals surface area contributed by atoms with E-state index in [0.29, 0.717) is 10.8 Å². The van der Waals surface area contributed by atoms with Crippen LogP contribution in [-0.4, -0.2) is 9.55 Å². The number of rotatable bonds is 2. The fourth-order valence-corrected chi connectivity index (χ4v) is 2.41. The Kier molecular flexibility index (Phi) is 3.17. The maximum Gasteiger partial charge on any atom is 0.129 e. The second kappa shape index (κ2) is 4.83. The summed E-state index contributed by atoms with van der Waals surface area (Å²) in [5.74, 6) is 0.688. The van der Waals surface area contributed by atoms with E-state index in [1.54, 1.807) is 18.2 Å². The van der Waals surface area contributed by atoms with Crippen LogP contribution < -0.4 is 0 Å². The van der Waals surface area contributed by atoms with Gasteiger partial charge in [0.25, 0.3) is 0 Å². The zero-order valence-corrected chi connectivity index (χ0v) is 11.3. The average molecular weight is 295 g/mol. The summed E-state index contributed by atoms with van der Waals surface area (Å²) in [5, 5.41) is 0.622. The van der Waals surface area contributed by atoms with Crippen molar-refractivity contribution in [1.82, 2.24) is 9.55 Å². The molecule has 0 amide bonds. The lowest BCUT2D eigenvalue weighted by Gasteiger charge is -2.07. The van der Waals surface area contributed by atoms with Crippen LogP contribution in [0.3, 0.4) is 0 Å². The Bertz CT molecular complexity index is 735. The molecule has 0 saturated carbocycles. The van der Waals surface area contributed by atoms with Crippen LogP contribution in [0.25, 0.3) is 16.7 Å². The smallest absolute Gasteiger partial charge is 0.129 e. The van der Waals surface area contributed by atoms with Gasteiger partial charge in [-0.15, -0.1) is 11.6 Å². The molecule has 0 N–H and O–H groups in total. The first-order valence-electron chi connectivity index (χ1n) is 5.68. The van der Waals surface area contributed by atoms with Crippen molar-refractivity contribution in [2.24, 2.45) is 0 Å². The van der Waals surface area contributed by atoms with Crippen LogP contribution in [0.5, 0.6) is 0 Å². The van der Waals surface area contributed by atoms with E-state index in [4.69, 9.17) is 23.2 Å². The Morgan fingerprint density at radius 1 is 1.11 bits per heavy atom. The zero-order valence-electron chi connectivity index (χ0n) is 9.78. The Morgan fingerprint density at radius 2 is 1.84 bits per heavy atom. The van der Waals surface area contributed by atoms with Crippen molar-refractivity contribution in [3.05, 3.63) is 59.1 Å². The molecule has 19 heavy (non-hydrogen) atoms. The zero-order chi connectivity index (χ0) is 13.4. The third-order valence-electron chi connectivity index (χ3n) is 2.89. The van der Waals surface area contributed by atoms with Crippen molar-refractivity contribution >= 4 is 34.2 Å². The normalized spacial score (nSPS) is 11.1. The number of alkyl halides is 1. The van der Waals surface area contributed by atoms with Gasteiger partial charge in [0.05, 0.1) is 16.9 Å². The van der Waals surface area contributed by atoms with Gasteiger partial charge in [-0.3, -0.25) is 4.57 Å². The number of benzene rings is 2. The molecule has 96 valence electrons. The van der Waals surface area contributed by atoms with E-state index < -0.39 is 0 Å². The van der Waals surface area contributed by atoms with Crippen LogP contribution in [0.2, 0.25) is 5.02 Å². The lowest BCUT2D eigenvalue weighted by molar-refractivity contribution is 0.627. The van der Waals surface area contributed by atoms with Gasteiger partial charge in [-0.2, -0.15) is 0 Å². The first-order chi connectivity index (χ1) is 9.19. The van der Waals surface area contributed by atoms with Crippen molar-refractivity contribution in [3.63, 3.8) is 0 Å². The van der Waals surface area contributed by atoms with Crippen molar-refractivity contribution in [1.29, 1.82) is 0 Å². The second-order valence-electron chi connectivity index (χ2n) is 4.11. The molecule has 5 heteroatoms. The van der Waals surface area contributed by atoms with E-state index in [9.17, 15) is 4.39 Å². The minimum absolute atomic E-state index is 0.268. The van der Waals surface area contributed by atoms with Gasteiger partial charge in [0.2, 0.25) is 0 Å². The van der Waals surface area contributed by atoms with E-state index >= 15 is 0 Å². The van der Waals surface area contributed by atoms with Crippen LogP contribution in [0.1, 0.15) is 5.82 Å². The lowest BCUT2D eigenvalue weighted by atomic mass is 10.2. The summed E-state index contributed by atoms with van der Waals surface area (Å²) >= 11 is 12.0. The largest absolute Gasteiger partial charge is 0.295 e. The molecule has 2 nitrogen and oxygen atoms in total. The highest BCUT2D eigenvalue weighted by Gasteiger charge is 2.12. The molecule has 0 spiro atoms. The Balaban J connectivity index is 2.31. The summed E-state index contributed by atoms with van der Waals surface area (Å²) in [6.45, 7) is 0. The molecular formula is C14H9Cl2FN2. The molecule has 3 rings (SSSR count). The van der Waals surface area contributed by atoms with Crippen molar-refractivity contribution in [2.75, 3.05) is 0 Å². The highest BCUT2D eigenvalue weighted by atomic mass is 35.5. The van der Waals surface area contributed by atoms with Gasteiger partial charge in [-0.25, -0.2) is 9.37 Å². The molecule has 1 aromatic heterocycles. The third-order valence-corrected chi connectivity index (χ3v) is 3.36. The van der Waals surface area contributed by atoms with E-state index in [-0.39, 0.29) is 11.7 Å². The van der Waals surface area contributed by atoms with Crippen LogP contribution in [0.15, 0.2) is 42.5 Å². The molecule has 0 radical (unpaired) electrons. The maximum absolute atomic E-state index is 13.0. The van der Waals surface area contributed by atoms with Crippen LogP contribution >= 0.6 is 23.2 Å². The Hall–Kier alpha value is -1.58. The lowest BCUT2D eigenvalue weighted by Crippen LogP contribution is -1.99. The molecule has 0 bridgehead atoms. The van der Waals surface area contributed by atoms with Crippen molar-refractivity contribution in [2.45, 2.75) is 5.88 Å². The monoisotopic (exact) mass is 294 g/mol. The van der Waals surface area contributed by atoms with Crippen LogP contribution in [-0.2, 0) is 5.88 Å². The number of nitrogens with zero attached hydrogens (tertiary/aromatic N) is 2. The number of fused-ring (bicyclic) bond motifs is 1. The summed E-state index contributed by atoms with van der Waals surface area (Å²) in [6, 6.07) is 11.6. The summed E-state index contributed by atoms with van der Waals surface area (Å²) in [5.41, 5.74) is 2.47. The molecule has 0 aliphatic rings. The second-order valence-corrected chi connectivity index (χ2v) is 4.81. The maximum atomic E-state index is 13.0. The summed E-state index contributed by atoms with van der Waals surface area (Å²) in [6.07, 6.45) is 0. The summed E-state index contributed by atoms with van der Waals surface area (Å²) in [7, 11) is 0. The highest BCUT2D eigenvalue weighted by molar-refractivity contribution is 6.31. The molecule has 3 aromatic rings. The molecule has 0 saturated heterocycles. The van der Waals surface area contributed by atoms with E-state index in [1.807, 2.05) is 16.7 Å². The molecule has 0 aliphatic heterocycles. The number of aromatic nitrogens is 2. The Morgan fingerprint density at radius 3 is 2.53 bits per heavy atom. The van der Waals surface area contributed by atoms with Gasteiger partial charge in [-0.05, 0) is 42.5 Å².